The number of hydrazone groups is 1. The molecule has 0 aliphatic rings. The van der Waals surface area contributed by atoms with Gasteiger partial charge in [-0.2, -0.15) is 5.10 Å². The molecule has 0 aliphatic carbocycles. The van der Waals surface area contributed by atoms with Gasteiger partial charge in [-0.3, -0.25) is 9.59 Å². The van der Waals surface area contributed by atoms with Gasteiger partial charge in [0.05, 0.1) is 16.3 Å². The molecule has 0 aromatic heterocycles. The van der Waals surface area contributed by atoms with Crippen molar-refractivity contribution >= 4 is 40.8 Å². The highest BCUT2D eigenvalue weighted by molar-refractivity contribution is 6.40. The van der Waals surface area contributed by atoms with Crippen LogP contribution in [0, 0.1) is 5.82 Å². The second kappa shape index (κ2) is 10.3. The molecular formula is C23H17ClFN3O4. The summed E-state index contributed by atoms with van der Waals surface area (Å²) in [6, 6.07) is 18.6. The van der Waals surface area contributed by atoms with Gasteiger partial charge in [0.1, 0.15) is 11.6 Å². The van der Waals surface area contributed by atoms with E-state index in [0.29, 0.717) is 16.8 Å². The molecule has 9 heteroatoms. The number of carbonyl (C=O) groups excluding carboxylic acids is 3. The number of nitrogens with zero attached hydrogens (tertiary/aromatic N) is 1. The summed E-state index contributed by atoms with van der Waals surface area (Å²) in [4.78, 5) is 36.4. The third-order valence-corrected chi connectivity index (χ3v) is 4.49. The maximum atomic E-state index is 13.2. The molecule has 0 radical (unpaired) electrons. The first-order chi connectivity index (χ1) is 15.3. The molecule has 0 fully saturated rings. The molecule has 0 heterocycles. The van der Waals surface area contributed by atoms with Gasteiger partial charge in [-0.1, -0.05) is 41.9 Å². The van der Waals surface area contributed by atoms with E-state index < -0.39 is 23.6 Å². The van der Waals surface area contributed by atoms with E-state index in [1.54, 1.807) is 61.5 Å². The summed E-state index contributed by atoms with van der Waals surface area (Å²) < 4.78 is 18.7. The van der Waals surface area contributed by atoms with Crippen molar-refractivity contribution in [2.24, 2.45) is 5.10 Å². The number of benzene rings is 3. The Kier molecular flexibility index (Phi) is 7.30. The molecule has 2 amide bonds. The van der Waals surface area contributed by atoms with Gasteiger partial charge in [-0.05, 0) is 49.4 Å². The van der Waals surface area contributed by atoms with Crippen molar-refractivity contribution in [3.8, 4) is 5.75 Å². The Morgan fingerprint density at radius 1 is 0.938 bits per heavy atom. The third kappa shape index (κ3) is 5.77. The zero-order valence-electron chi connectivity index (χ0n) is 16.8. The zero-order chi connectivity index (χ0) is 23.1. The fraction of sp³-hybridized carbons (Fsp3) is 0.0435. The van der Waals surface area contributed by atoms with Crippen LogP contribution in [0.2, 0.25) is 5.02 Å². The summed E-state index contributed by atoms with van der Waals surface area (Å²) in [5, 5.41) is 6.00. The average Bonchev–Trinajstić information content (AvgIpc) is 2.80. The molecule has 3 aromatic rings. The van der Waals surface area contributed by atoms with Crippen LogP contribution < -0.4 is 15.5 Å². The van der Waals surface area contributed by atoms with Crippen molar-refractivity contribution in [1.29, 1.82) is 0 Å². The summed E-state index contributed by atoms with van der Waals surface area (Å²) in [5.74, 6) is -3.04. The monoisotopic (exact) mass is 453 g/mol. The SMILES string of the molecule is C/C(=N\NC(=O)C(=O)Nc1ccc(F)c(Cl)c1)c1ccccc1OC(=O)c1ccccc1. The highest BCUT2D eigenvalue weighted by Gasteiger charge is 2.16. The summed E-state index contributed by atoms with van der Waals surface area (Å²) in [6.45, 7) is 1.58. The van der Waals surface area contributed by atoms with Crippen LogP contribution in [0.25, 0.3) is 0 Å². The van der Waals surface area contributed by atoms with E-state index in [1.807, 2.05) is 0 Å². The van der Waals surface area contributed by atoms with Crippen LogP contribution >= 0.6 is 11.6 Å². The lowest BCUT2D eigenvalue weighted by Gasteiger charge is -2.10. The molecule has 162 valence electrons. The first kappa shape index (κ1) is 22.6. The Balaban J connectivity index is 1.68. The molecule has 32 heavy (non-hydrogen) atoms. The van der Waals surface area contributed by atoms with Gasteiger partial charge in [0.2, 0.25) is 0 Å². The van der Waals surface area contributed by atoms with Crippen molar-refractivity contribution in [3.63, 3.8) is 0 Å². The summed E-state index contributed by atoms with van der Waals surface area (Å²) in [7, 11) is 0. The van der Waals surface area contributed by atoms with Crippen LogP contribution in [-0.2, 0) is 9.59 Å². The summed E-state index contributed by atoms with van der Waals surface area (Å²) >= 11 is 5.65. The van der Waals surface area contributed by atoms with E-state index in [-0.39, 0.29) is 16.5 Å². The predicted octanol–water partition coefficient (Wildman–Crippen LogP) is 4.18. The minimum atomic E-state index is -1.05. The molecular weight excluding hydrogens is 437 g/mol. The van der Waals surface area contributed by atoms with Crippen LogP contribution in [0.3, 0.4) is 0 Å². The van der Waals surface area contributed by atoms with Gasteiger partial charge < -0.3 is 10.1 Å². The van der Waals surface area contributed by atoms with E-state index >= 15 is 0 Å². The van der Waals surface area contributed by atoms with E-state index in [0.717, 1.165) is 6.07 Å². The predicted molar refractivity (Wildman–Crippen MR) is 118 cm³/mol. The van der Waals surface area contributed by atoms with Gasteiger partial charge in [0, 0.05) is 11.3 Å². The quantitative estimate of drug-likeness (QED) is 0.199. The topological polar surface area (TPSA) is 96.9 Å². The number of esters is 1. The van der Waals surface area contributed by atoms with E-state index in [9.17, 15) is 18.8 Å². The molecule has 0 aliphatic heterocycles. The highest BCUT2D eigenvalue weighted by Crippen LogP contribution is 2.21. The number of rotatable bonds is 5. The van der Waals surface area contributed by atoms with Crippen molar-refractivity contribution in [1.82, 2.24) is 5.43 Å². The minimum absolute atomic E-state index is 0.149. The lowest BCUT2D eigenvalue weighted by Crippen LogP contribution is -2.33. The molecule has 0 unspecified atom stereocenters. The third-order valence-electron chi connectivity index (χ3n) is 4.20. The standard InChI is InChI=1S/C23H17ClFN3O4/c1-14(27-28-22(30)21(29)26-16-11-12-19(25)18(24)13-16)17-9-5-6-10-20(17)32-23(31)15-7-3-2-4-8-15/h2-13H,1H3,(H,26,29)(H,28,30)/b27-14+. The molecule has 0 atom stereocenters. The highest BCUT2D eigenvalue weighted by atomic mass is 35.5. The van der Waals surface area contributed by atoms with Crippen LogP contribution in [-0.4, -0.2) is 23.5 Å². The van der Waals surface area contributed by atoms with Crippen LogP contribution in [0.4, 0.5) is 10.1 Å². The molecule has 3 aromatic carbocycles. The molecule has 2 N–H and O–H groups in total. The number of ether oxygens (including phenoxy) is 1. The lowest BCUT2D eigenvalue weighted by molar-refractivity contribution is -0.136. The molecule has 0 spiro atoms. The van der Waals surface area contributed by atoms with Gasteiger partial charge in [0.25, 0.3) is 0 Å². The fourth-order valence-corrected chi connectivity index (χ4v) is 2.78. The van der Waals surface area contributed by atoms with Crippen molar-refractivity contribution in [3.05, 3.63) is 94.8 Å². The lowest BCUT2D eigenvalue weighted by atomic mass is 10.1. The van der Waals surface area contributed by atoms with E-state index in [2.05, 4.69) is 15.8 Å². The van der Waals surface area contributed by atoms with Gasteiger partial charge in [-0.15, -0.1) is 0 Å². The van der Waals surface area contributed by atoms with Gasteiger partial charge >= 0.3 is 17.8 Å². The molecule has 3 rings (SSSR count). The van der Waals surface area contributed by atoms with Crippen molar-refractivity contribution < 1.29 is 23.5 Å². The van der Waals surface area contributed by atoms with E-state index in [4.69, 9.17) is 16.3 Å². The average molecular weight is 454 g/mol. The first-order valence-electron chi connectivity index (χ1n) is 9.32. The fourth-order valence-electron chi connectivity index (χ4n) is 2.59. The van der Waals surface area contributed by atoms with Crippen LogP contribution in [0.5, 0.6) is 5.75 Å². The maximum absolute atomic E-state index is 13.2. The Bertz CT molecular complexity index is 1200. The molecule has 0 saturated heterocycles. The second-order valence-electron chi connectivity index (χ2n) is 6.47. The number of halogens is 2. The minimum Gasteiger partial charge on any atom is -0.422 e. The van der Waals surface area contributed by atoms with Crippen molar-refractivity contribution in [2.75, 3.05) is 5.32 Å². The molecule has 0 saturated carbocycles. The summed E-state index contributed by atoms with van der Waals surface area (Å²) in [6.07, 6.45) is 0. The Hall–Kier alpha value is -4.04. The number of amides is 2. The maximum Gasteiger partial charge on any atom is 0.343 e. The van der Waals surface area contributed by atoms with Crippen LogP contribution in [0.1, 0.15) is 22.8 Å². The number of hydrogen-bond acceptors (Lipinski definition) is 5. The largest absolute Gasteiger partial charge is 0.422 e. The molecule has 0 bridgehead atoms. The number of anilines is 1. The number of nitrogens with one attached hydrogen (secondary N) is 2. The summed E-state index contributed by atoms with van der Waals surface area (Å²) in [5.41, 5.74) is 3.40. The number of hydrogen-bond donors (Lipinski definition) is 2. The normalized spacial score (nSPS) is 10.9. The zero-order valence-corrected chi connectivity index (χ0v) is 17.5. The number of para-hydroxylation sites is 1. The Morgan fingerprint density at radius 2 is 1.62 bits per heavy atom. The Morgan fingerprint density at radius 3 is 2.34 bits per heavy atom. The van der Waals surface area contributed by atoms with Crippen molar-refractivity contribution in [2.45, 2.75) is 6.92 Å². The first-order valence-corrected chi connectivity index (χ1v) is 9.70. The Labute approximate surface area is 187 Å². The van der Waals surface area contributed by atoms with Gasteiger partial charge in [0.15, 0.2) is 0 Å². The van der Waals surface area contributed by atoms with E-state index in [1.165, 1.54) is 12.1 Å². The number of carbonyl (C=O) groups is 3. The second-order valence-corrected chi connectivity index (χ2v) is 6.88. The van der Waals surface area contributed by atoms with Crippen LogP contribution in [0.15, 0.2) is 77.9 Å². The smallest absolute Gasteiger partial charge is 0.343 e. The van der Waals surface area contributed by atoms with Gasteiger partial charge in [-0.25, -0.2) is 14.6 Å². The molecule has 7 nitrogen and oxygen atoms in total.